The smallest absolute Gasteiger partial charge is 0.340 e. The normalized spacial score (nSPS) is 11.8. The second-order valence-electron chi connectivity index (χ2n) is 4.68. The number of carboxylic acids is 1. The fourth-order valence-corrected chi connectivity index (χ4v) is 3.54. The maximum Gasteiger partial charge on any atom is 0.340 e. The Bertz CT molecular complexity index is 574. The van der Waals surface area contributed by atoms with E-state index in [1.165, 1.54) is 13.8 Å². The molecule has 0 saturated carbocycles. The minimum atomic E-state index is -3.86. The molecule has 0 atom stereocenters. The first kappa shape index (κ1) is 16.7. The number of carbonyl (C=O) groups is 1. The summed E-state index contributed by atoms with van der Waals surface area (Å²) < 4.78 is 32.0. The maximum atomic E-state index is 12.2. The van der Waals surface area contributed by atoms with Gasteiger partial charge in [-0.2, -0.15) is 0 Å². The van der Waals surface area contributed by atoms with Crippen LogP contribution < -0.4 is 4.72 Å². The molecule has 0 saturated heterocycles. The number of rotatable bonds is 8. The Hall–Kier alpha value is -1.34. The van der Waals surface area contributed by atoms with Gasteiger partial charge in [-0.15, -0.1) is 0 Å². The Morgan fingerprint density at radius 1 is 1.20 bits per heavy atom. The average molecular weight is 303 g/mol. The zero-order valence-corrected chi connectivity index (χ0v) is 12.8. The van der Waals surface area contributed by atoms with E-state index < -0.39 is 16.0 Å². The second kappa shape index (κ2) is 6.90. The number of unbranched alkanes of at least 4 members (excludes halogenated alkanes) is 3. The van der Waals surface area contributed by atoms with E-state index >= 15 is 0 Å². The molecule has 0 aromatic carbocycles. The first-order chi connectivity index (χ1) is 9.31. The molecule has 0 aliphatic rings. The molecule has 2 N–H and O–H groups in total. The molecule has 1 rings (SSSR count). The van der Waals surface area contributed by atoms with Crippen molar-refractivity contribution in [2.24, 2.45) is 0 Å². The van der Waals surface area contributed by atoms with Crippen LogP contribution in [-0.4, -0.2) is 26.0 Å². The summed E-state index contributed by atoms with van der Waals surface area (Å²) >= 11 is 0. The summed E-state index contributed by atoms with van der Waals surface area (Å²) in [4.78, 5) is 10.9. The number of aryl methyl sites for hydroxylation is 2. The highest BCUT2D eigenvalue weighted by Crippen LogP contribution is 2.26. The van der Waals surface area contributed by atoms with Crippen molar-refractivity contribution in [2.75, 3.05) is 6.54 Å². The van der Waals surface area contributed by atoms with Crippen LogP contribution in [0.25, 0.3) is 0 Å². The molecule has 0 radical (unpaired) electrons. The highest BCUT2D eigenvalue weighted by Gasteiger charge is 2.30. The molecule has 0 fully saturated rings. The molecule has 1 aromatic rings. The number of hydrogen-bond donors (Lipinski definition) is 2. The van der Waals surface area contributed by atoms with E-state index in [1.807, 2.05) is 0 Å². The van der Waals surface area contributed by atoms with Gasteiger partial charge in [0.05, 0.1) is 0 Å². The summed E-state index contributed by atoms with van der Waals surface area (Å²) in [5.41, 5.74) is -0.288. The van der Waals surface area contributed by atoms with Crippen LogP contribution in [0.3, 0.4) is 0 Å². The fraction of sp³-hybridized carbons (Fsp3) is 0.615. The van der Waals surface area contributed by atoms with Gasteiger partial charge in [-0.3, -0.25) is 0 Å². The predicted molar refractivity (Wildman–Crippen MR) is 74.5 cm³/mol. The van der Waals surface area contributed by atoms with Gasteiger partial charge in [-0.25, -0.2) is 17.9 Å². The zero-order valence-electron chi connectivity index (χ0n) is 12.0. The van der Waals surface area contributed by atoms with Crippen LogP contribution in [0.4, 0.5) is 0 Å². The molecule has 0 unspecified atom stereocenters. The molecular formula is C13H21NO5S. The number of nitrogens with one attached hydrogen (secondary N) is 1. The molecule has 114 valence electrons. The van der Waals surface area contributed by atoms with Gasteiger partial charge in [0.1, 0.15) is 22.0 Å². The average Bonchev–Trinajstić information content (AvgIpc) is 2.64. The minimum absolute atomic E-state index is 0.0981. The molecule has 0 amide bonds. The summed E-state index contributed by atoms with van der Waals surface area (Å²) in [7, 11) is -3.86. The number of furan rings is 1. The number of aromatic carboxylic acids is 1. The highest BCUT2D eigenvalue weighted by molar-refractivity contribution is 7.89. The number of sulfonamides is 1. The number of hydrogen-bond acceptors (Lipinski definition) is 4. The molecular weight excluding hydrogens is 282 g/mol. The van der Waals surface area contributed by atoms with Crippen LogP contribution >= 0.6 is 0 Å². The van der Waals surface area contributed by atoms with E-state index in [2.05, 4.69) is 11.6 Å². The number of carboxylic acid groups (broad SMARTS) is 1. The van der Waals surface area contributed by atoms with Gasteiger partial charge in [0.25, 0.3) is 0 Å². The Morgan fingerprint density at radius 3 is 2.40 bits per heavy atom. The third kappa shape index (κ3) is 3.83. The van der Waals surface area contributed by atoms with Crippen molar-refractivity contribution < 1.29 is 22.7 Å². The minimum Gasteiger partial charge on any atom is -0.478 e. The first-order valence-electron chi connectivity index (χ1n) is 6.64. The van der Waals surface area contributed by atoms with Gasteiger partial charge < -0.3 is 9.52 Å². The van der Waals surface area contributed by atoms with Crippen molar-refractivity contribution in [1.29, 1.82) is 0 Å². The van der Waals surface area contributed by atoms with Crippen LogP contribution in [0.2, 0.25) is 0 Å². The molecule has 6 nitrogen and oxygen atoms in total. The standard InChI is InChI=1S/C13H21NO5S/c1-4-5-6-7-8-14-20(17,18)12-10(3)19-9(2)11(12)13(15)16/h14H,4-8H2,1-3H3,(H,15,16). The van der Waals surface area contributed by atoms with E-state index in [1.54, 1.807) is 0 Å². The van der Waals surface area contributed by atoms with Crippen molar-refractivity contribution in [3.63, 3.8) is 0 Å². The Kier molecular flexibility index (Phi) is 5.76. The summed E-state index contributed by atoms with van der Waals surface area (Å²) in [6.07, 6.45) is 3.78. The quantitative estimate of drug-likeness (QED) is 0.719. The summed E-state index contributed by atoms with van der Waals surface area (Å²) in [6, 6.07) is 0. The van der Waals surface area contributed by atoms with Crippen LogP contribution in [-0.2, 0) is 10.0 Å². The lowest BCUT2D eigenvalue weighted by molar-refractivity contribution is 0.0691. The van der Waals surface area contributed by atoms with E-state index in [4.69, 9.17) is 9.52 Å². The van der Waals surface area contributed by atoms with Gasteiger partial charge in [-0.05, 0) is 20.3 Å². The van der Waals surface area contributed by atoms with Crippen molar-refractivity contribution in [3.05, 3.63) is 17.1 Å². The molecule has 0 aliphatic carbocycles. The van der Waals surface area contributed by atoms with Crippen LogP contribution in [0.5, 0.6) is 0 Å². The molecule has 0 aliphatic heterocycles. The van der Waals surface area contributed by atoms with Crippen LogP contribution in [0.1, 0.15) is 54.5 Å². The van der Waals surface area contributed by atoms with Crippen molar-refractivity contribution in [2.45, 2.75) is 51.3 Å². The van der Waals surface area contributed by atoms with E-state index in [0.717, 1.165) is 25.7 Å². The Morgan fingerprint density at radius 2 is 1.85 bits per heavy atom. The summed E-state index contributed by atoms with van der Waals surface area (Å²) in [5, 5.41) is 9.11. The SMILES string of the molecule is CCCCCCNS(=O)(=O)c1c(C)oc(C)c1C(=O)O. The molecule has 0 spiro atoms. The van der Waals surface area contributed by atoms with Gasteiger partial charge in [0.15, 0.2) is 0 Å². The Labute approximate surface area is 119 Å². The lowest BCUT2D eigenvalue weighted by atomic mass is 10.2. The molecule has 0 bridgehead atoms. The van der Waals surface area contributed by atoms with E-state index in [0.29, 0.717) is 6.54 Å². The van der Waals surface area contributed by atoms with E-state index in [-0.39, 0.29) is 22.0 Å². The monoisotopic (exact) mass is 303 g/mol. The largest absolute Gasteiger partial charge is 0.478 e. The Balaban J connectivity index is 2.90. The fourth-order valence-electron chi connectivity index (χ4n) is 2.06. The van der Waals surface area contributed by atoms with Crippen LogP contribution in [0, 0.1) is 13.8 Å². The maximum absolute atomic E-state index is 12.2. The molecule has 20 heavy (non-hydrogen) atoms. The van der Waals surface area contributed by atoms with Crippen molar-refractivity contribution in [1.82, 2.24) is 4.72 Å². The summed E-state index contributed by atoms with van der Waals surface area (Å²) in [5.74, 6) is -1.10. The lowest BCUT2D eigenvalue weighted by Crippen LogP contribution is -2.26. The second-order valence-corrected chi connectivity index (χ2v) is 6.39. The van der Waals surface area contributed by atoms with Gasteiger partial charge in [0.2, 0.25) is 10.0 Å². The van der Waals surface area contributed by atoms with Gasteiger partial charge in [-0.1, -0.05) is 26.2 Å². The first-order valence-corrected chi connectivity index (χ1v) is 8.12. The van der Waals surface area contributed by atoms with Gasteiger partial charge in [0, 0.05) is 6.54 Å². The van der Waals surface area contributed by atoms with Gasteiger partial charge >= 0.3 is 5.97 Å². The molecule has 7 heteroatoms. The predicted octanol–water partition coefficient (Wildman–Crippen LogP) is 2.45. The van der Waals surface area contributed by atoms with Crippen molar-refractivity contribution in [3.8, 4) is 0 Å². The van der Waals surface area contributed by atoms with Crippen molar-refractivity contribution >= 4 is 16.0 Å². The topological polar surface area (TPSA) is 96.6 Å². The third-order valence-corrected chi connectivity index (χ3v) is 4.62. The van der Waals surface area contributed by atoms with Crippen LogP contribution in [0.15, 0.2) is 9.31 Å². The summed E-state index contributed by atoms with van der Waals surface area (Å²) in [6.45, 7) is 5.26. The third-order valence-electron chi connectivity index (χ3n) is 3.01. The molecule has 1 aromatic heterocycles. The van der Waals surface area contributed by atoms with E-state index in [9.17, 15) is 13.2 Å². The lowest BCUT2D eigenvalue weighted by Gasteiger charge is -2.06. The highest BCUT2D eigenvalue weighted by atomic mass is 32.2. The zero-order chi connectivity index (χ0) is 15.3. The molecule has 1 heterocycles.